The summed E-state index contributed by atoms with van der Waals surface area (Å²) in [6.45, 7) is 2.89. The normalized spacial score (nSPS) is 27.4. The maximum atomic E-state index is 14.3. The van der Waals surface area contributed by atoms with E-state index in [0.29, 0.717) is 25.7 Å². The fourth-order valence-electron chi connectivity index (χ4n) is 3.06. The van der Waals surface area contributed by atoms with Gasteiger partial charge in [0.1, 0.15) is 0 Å². The van der Waals surface area contributed by atoms with Crippen LogP contribution >= 0.6 is 0 Å². The Morgan fingerprint density at radius 2 is 2.10 bits per heavy atom. The second-order valence-corrected chi connectivity index (χ2v) is 5.81. The summed E-state index contributed by atoms with van der Waals surface area (Å²) in [6.07, 6.45) is 0.571. The SMILES string of the molecule is FC1(C2CN=C(N3CCc4ccccc4C3)O2)CNC1. The average molecular weight is 275 g/mol. The van der Waals surface area contributed by atoms with Gasteiger partial charge in [-0.15, -0.1) is 0 Å². The summed E-state index contributed by atoms with van der Waals surface area (Å²) in [6, 6.07) is 9.06. The largest absolute Gasteiger partial charge is 0.456 e. The van der Waals surface area contributed by atoms with Crippen molar-refractivity contribution >= 4 is 6.02 Å². The van der Waals surface area contributed by atoms with Crippen molar-refractivity contribution in [1.82, 2.24) is 10.2 Å². The molecule has 106 valence electrons. The second kappa shape index (κ2) is 4.45. The molecular formula is C15H18FN3O. The zero-order valence-electron chi connectivity index (χ0n) is 11.3. The summed E-state index contributed by atoms with van der Waals surface area (Å²) in [5.41, 5.74) is 1.47. The van der Waals surface area contributed by atoms with Crippen LogP contribution < -0.4 is 5.32 Å². The summed E-state index contributed by atoms with van der Waals surface area (Å²) in [5, 5.41) is 2.97. The average Bonchev–Trinajstić information content (AvgIpc) is 2.94. The number of alkyl halides is 1. The predicted molar refractivity (Wildman–Crippen MR) is 74.4 cm³/mol. The van der Waals surface area contributed by atoms with Crippen LogP contribution in [0.15, 0.2) is 29.3 Å². The first-order valence-electron chi connectivity index (χ1n) is 7.17. The molecule has 1 N–H and O–H groups in total. The number of fused-ring (bicyclic) bond motifs is 1. The number of nitrogens with one attached hydrogen (secondary N) is 1. The minimum atomic E-state index is -1.24. The summed E-state index contributed by atoms with van der Waals surface area (Å²) in [7, 11) is 0. The molecule has 0 amide bonds. The molecule has 1 unspecified atom stereocenters. The molecule has 4 nitrogen and oxygen atoms in total. The number of halogens is 1. The third-order valence-corrected chi connectivity index (χ3v) is 4.46. The summed E-state index contributed by atoms with van der Waals surface area (Å²) < 4.78 is 20.1. The van der Waals surface area contributed by atoms with Gasteiger partial charge in [-0.1, -0.05) is 24.3 Å². The Morgan fingerprint density at radius 3 is 2.85 bits per heavy atom. The Bertz CT molecular complexity index is 556. The molecule has 3 heterocycles. The molecule has 0 bridgehead atoms. The van der Waals surface area contributed by atoms with Crippen molar-refractivity contribution < 1.29 is 9.13 Å². The lowest BCUT2D eigenvalue weighted by atomic mass is 9.92. The van der Waals surface area contributed by atoms with E-state index in [2.05, 4.69) is 39.5 Å². The zero-order valence-corrected chi connectivity index (χ0v) is 11.3. The first-order chi connectivity index (χ1) is 9.74. The minimum absolute atomic E-state index is 0.378. The number of aliphatic imine (C=N–C) groups is 1. The van der Waals surface area contributed by atoms with Crippen molar-refractivity contribution in [2.24, 2.45) is 4.99 Å². The van der Waals surface area contributed by atoms with Gasteiger partial charge in [0.2, 0.25) is 0 Å². The Kier molecular flexibility index (Phi) is 2.70. The van der Waals surface area contributed by atoms with Gasteiger partial charge >= 0.3 is 0 Å². The maximum absolute atomic E-state index is 14.3. The highest BCUT2D eigenvalue weighted by molar-refractivity contribution is 5.76. The number of nitrogens with zero attached hydrogens (tertiary/aromatic N) is 2. The molecule has 1 aromatic carbocycles. The molecule has 3 aliphatic rings. The van der Waals surface area contributed by atoms with Crippen LogP contribution in [-0.4, -0.2) is 48.9 Å². The number of rotatable bonds is 1. The van der Waals surface area contributed by atoms with E-state index in [1.165, 1.54) is 11.1 Å². The molecule has 0 aliphatic carbocycles. The molecule has 1 saturated heterocycles. The van der Waals surface area contributed by atoms with Crippen molar-refractivity contribution in [3.05, 3.63) is 35.4 Å². The smallest absolute Gasteiger partial charge is 0.288 e. The van der Waals surface area contributed by atoms with Crippen molar-refractivity contribution in [3.8, 4) is 0 Å². The highest BCUT2D eigenvalue weighted by atomic mass is 19.1. The molecule has 1 fully saturated rings. The van der Waals surface area contributed by atoms with E-state index in [4.69, 9.17) is 4.74 Å². The zero-order chi connectivity index (χ0) is 13.6. The van der Waals surface area contributed by atoms with Gasteiger partial charge in [0.15, 0.2) is 11.8 Å². The third kappa shape index (κ3) is 1.88. The quantitative estimate of drug-likeness (QED) is 0.834. The number of hydrogen-bond donors (Lipinski definition) is 1. The van der Waals surface area contributed by atoms with Crippen molar-refractivity contribution in [3.63, 3.8) is 0 Å². The number of benzene rings is 1. The minimum Gasteiger partial charge on any atom is -0.456 e. The van der Waals surface area contributed by atoms with Crippen LogP contribution in [0.2, 0.25) is 0 Å². The van der Waals surface area contributed by atoms with Crippen LogP contribution in [0.25, 0.3) is 0 Å². The number of amidine groups is 1. The van der Waals surface area contributed by atoms with Gasteiger partial charge in [-0.25, -0.2) is 9.38 Å². The van der Waals surface area contributed by atoms with Gasteiger partial charge in [0.05, 0.1) is 6.54 Å². The Labute approximate surface area is 117 Å². The van der Waals surface area contributed by atoms with Gasteiger partial charge in [-0.05, 0) is 17.5 Å². The Morgan fingerprint density at radius 1 is 1.30 bits per heavy atom. The summed E-state index contributed by atoms with van der Waals surface area (Å²) in [5.74, 6) is 0. The van der Waals surface area contributed by atoms with Gasteiger partial charge < -0.3 is 15.0 Å². The molecule has 0 radical (unpaired) electrons. The molecule has 0 aromatic heterocycles. The van der Waals surface area contributed by atoms with Crippen molar-refractivity contribution in [2.45, 2.75) is 24.7 Å². The molecule has 1 aromatic rings. The van der Waals surface area contributed by atoms with Crippen LogP contribution in [-0.2, 0) is 17.7 Å². The van der Waals surface area contributed by atoms with Crippen LogP contribution in [0.4, 0.5) is 4.39 Å². The lowest BCUT2D eigenvalue weighted by Gasteiger charge is -2.39. The van der Waals surface area contributed by atoms with Crippen LogP contribution in [0, 0.1) is 0 Å². The topological polar surface area (TPSA) is 36.9 Å². The summed E-state index contributed by atoms with van der Waals surface area (Å²) in [4.78, 5) is 6.54. The highest BCUT2D eigenvalue weighted by Crippen LogP contribution is 2.29. The second-order valence-electron chi connectivity index (χ2n) is 5.81. The highest BCUT2D eigenvalue weighted by Gasteiger charge is 2.49. The van der Waals surface area contributed by atoms with E-state index in [1.807, 2.05) is 0 Å². The van der Waals surface area contributed by atoms with Gasteiger partial charge in [0, 0.05) is 26.2 Å². The van der Waals surface area contributed by atoms with E-state index >= 15 is 0 Å². The van der Waals surface area contributed by atoms with Crippen LogP contribution in [0.3, 0.4) is 0 Å². The molecular weight excluding hydrogens is 257 g/mol. The molecule has 0 saturated carbocycles. The van der Waals surface area contributed by atoms with E-state index in [9.17, 15) is 4.39 Å². The van der Waals surface area contributed by atoms with Crippen LogP contribution in [0.1, 0.15) is 11.1 Å². The maximum Gasteiger partial charge on any atom is 0.288 e. The molecule has 20 heavy (non-hydrogen) atoms. The number of ether oxygens (including phenoxy) is 1. The van der Waals surface area contributed by atoms with Gasteiger partial charge in [-0.3, -0.25) is 0 Å². The van der Waals surface area contributed by atoms with Crippen LogP contribution in [0.5, 0.6) is 0 Å². The molecule has 1 atom stereocenters. The number of hydrogen-bond acceptors (Lipinski definition) is 4. The first-order valence-corrected chi connectivity index (χ1v) is 7.17. The van der Waals surface area contributed by atoms with Gasteiger partial charge in [0.25, 0.3) is 6.02 Å². The van der Waals surface area contributed by atoms with E-state index < -0.39 is 11.8 Å². The monoisotopic (exact) mass is 275 g/mol. The predicted octanol–water partition coefficient (Wildman–Crippen LogP) is 1.11. The fourth-order valence-corrected chi connectivity index (χ4v) is 3.06. The van der Waals surface area contributed by atoms with E-state index in [-0.39, 0.29) is 0 Å². The lowest BCUT2D eigenvalue weighted by Crippen LogP contribution is -2.64. The first kappa shape index (κ1) is 12.1. The molecule has 0 spiro atoms. The lowest BCUT2D eigenvalue weighted by molar-refractivity contribution is -0.0277. The molecule has 5 heteroatoms. The van der Waals surface area contributed by atoms with Crippen molar-refractivity contribution in [2.75, 3.05) is 26.2 Å². The van der Waals surface area contributed by atoms with E-state index in [1.54, 1.807) is 0 Å². The van der Waals surface area contributed by atoms with E-state index in [0.717, 1.165) is 19.5 Å². The van der Waals surface area contributed by atoms with Gasteiger partial charge in [-0.2, -0.15) is 0 Å². The third-order valence-electron chi connectivity index (χ3n) is 4.46. The fraction of sp³-hybridized carbons (Fsp3) is 0.533. The summed E-state index contributed by atoms with van der Waals surface area (Å²) >= 11 is 0. The Hall–Kier alpha value is -1.62. The molecule has 3 aliphatic heterocycles. The Balaban J connectivity index is 1.45. The van der Waals surface area contributed by atoms with Crippen molar-refractivity contribution in [1.29, 1.82) is 0 Å². The molecule has 4 rings (SSSR count). The standard InChI is InChI=1S/C15H18FN3O/c16-15(9-17-10-15)13-7-18-14(20-13)19-6-5-11-3-1-2-4-12(11)8-19/h1-4,13,17H,5-10H2.